The summed E-state index contributed by atoms with van der Waals surface area (Å²) in [6.45, 7) is 0.596. The maximum absolute atomic E-state index is 13.1. The van der Waals surface area contributed by atoms with Gasteiger partial charge in [-0.3, -0.25) is 14.6 Å². The minimum Gasteiger partial charge on any atom is -0.493 e. The van der Waals surface area contributed by atoms with Crippen LogP contribution >= 0.6 is 11.8 Å². The predicted molar refractivity (Wildman–Crippen MR) is 112 cm³/mol. The number of fused-ring (bicyclic) bond motifs is 1. The van der Waals surface area contributed by atoms with Gasteiger partial charge in [0.25, 0.3) is 0 Å². The van der Waals surface area contributed by atoms with E-state index < -0.39 is 0 Å². The highest BCUT2D eigenvalue weighted by molar-refractivity contribution is 8.03. The van der Waals surface area contributed by atoms with E-state index in [1.807, 2.05) is 23.1 Å². The highest BCUT2D eigenvalue weighted by Gasteiger charge is 2.40. The average Bonchev–Trinajstić information content (AvgIpc) is 2.78. The Hall–Kier alpha value is -2.17. The molecule has 29 heavy (non-hydrogen) atoms. The van der Waals surface area contributed by atoms with E-state index in [0.717, 1.165) is 16.5 Å². The van der Waals surface area contributed by atoms with E-state index in [9.17, 15) is 10.1 Å². The number of para-hydroxylation sites is 1. The van der Waals surface area contributed by atoms with Gasteiger partial charge in [-0.15, -0.1) is 0 Å². The number of amides is 1. The molecular weight excluding hydrogens is 386 g/mol. The summed E-state index contributed by atoms with van der Waals surface area (Å²) in [5.74, 6) is 1.80. The molecule has 0 N–H and O–H groups in total. The first-order valence-electron chi connectivity index (χ1n) is 10.2. The van der Waals surface area contributed by atoms with Gasteiger partial charge in [0, 0.05) is 23.9 Å². The zero-order valence-corrected chi connectivity index (χ0v) is 17.8. The first-order chi connectivity index (χ1) is 14.2. The van der Waals surface area contributed by atoms with Gasteiger partial charge >= 0.3 is 0 Å². The van der Waals surface area contributed by atoms with Crippen LogP contribution in [0.5, 0.6) is 11.5 Å². The molecule has 1 aromatic carbocycles. The van der Waals surface area contributed by atoms with Gasteiger partial charge < -0.3 is 9.47 Å². The molecular formula is C22H27N3O3S. The van der Waals surface area contributed by atoms with Crippen LogP contribution in [0.1, 0.15) is 50.0 Å². The number of nitriles is 1. The zero-order valence-electron chi connectivity index (χ0n) is 17.0. The first kappa shape index (κ1) is 20.1. The Labute approximate surface area is 176 Å². The molecule has 4 rings (SSSR count). The number of hydrogen-bond donors (Lipinski definition) is 0. The maximum Gasteiger partial charge on any atom is 0.229 e. The molecule has 0 spiro atoms. The third-order valence-electron chi connectivity index (χ3n) is 6.21. The Kier molecular flexibility index (Phi) is 6.02. The molecule has 2 aliphatic heterocycles. The third-order valence-corrected chi connectivity index (χ3v) is 7.39. The normalized spacial score (nSPS) is 23.6. The van der Waals surface area contributed by atoms with Gasteiger partial charge in [-0.2, -0.15) is 5.26 Å². The monoisotopic (exact) mass is 413 g/mol. The molecule has 1 aliphatic carbocycles. The van der Waals surface area contributed by atoms with Crippen LogP contribution in [0, 0.1) is 11.3 Å². The SMILES string of the molecule is COc1cccc([C@H]2CC(=O)N3CN(C4CCCCC4)CSC3=C2C#N)c1OC. The Morgan fingerprint density at radius 3 is 2.66 bits per heavy atom. The number of nitrogens with zero attached hydrogens (tertiary/aromatic N) is 3. The fourth-order valence-corrected chi connectivity index (χ4v) is 5.94. The number of benzene rings is 1. The number of allylic oxidation sites excluding steroid dienone is 1. The average molecular weight is 414 g/mol. The molecule has 2 fully saturated rings. The fourth-order valence-electron chi connectivity index (χ4n) is 4.70. The van der Waals surface area contributed by atoms with E-state index in [0.29, 0.717) is 29.8 Å². The van der Waals surface area contributed by atoms with Crippen molar-refractivity contribution in [2.75, 3.05) is 26.8 Å². The lowest BCUT2D eigenvalue weighted by Gasteiger charge is -2.44. The molecule has 1 saturated carbocycles. The highest BCUT2D eigenvalue weighted by Crippen LogP contribution is 2.47. The second-order valence-electron chi connectivity index (χ2n) is 7.79. The second-order valence-corrected chi connectivity index (χ2v) is 8.72. The first-order valence-corrected chi connectivity index (χ1v) is 11.2. The molecule has 1 amide bonds. The van der Waals surface area contributed by atoms with Crippen molar-refractivity contribution in [2.45, 2.75) is 50.5 Å². The zero-order chi connectivity index (χ0) is 20.4. The molecule has 1 aromatic rings. The Morgan fingerprint density at radius 1 is 1.17 bits per heavy atom. The van der Waals surface area contributed by atoms with Crippen molar-refractivity contribution in [1.29, 1.82) is 5.26 Å². The van der Waals surface area contributed by atoms with Crippen LogP contribution in [-0.2, 0) is 4.79 Å². The van der Waals surface area contributed by atoms with Crippen LogP contribution in [0.15, 0.2) is 28.8 Å². The van der Waals surface area contributed by atoms with Gasteiger partial charge in [0.15, 0.2) is 11.5 Å². The molecule has 3 aliphatic rings. The Bertz CT molecular complexity index is 857. The largest absolute Gasteiger partial charge is 0.493 e. The summed E-state index contributed by atoms with van der Waals surface area (Å²) in [6, 6.07) is 8.59. The van der Waals surface area contributed by atoms with Crippen molar-refractivity contribution in [2.24, 2.45) is 0 Å². The van der Waals surface area contributed by atoms with Crippen molar-refractivity contribution in [1.82, 2.24) is 9.80 Å². The number of thioether (sulfide) groups is 1. The van der Waals surface area contributed by atoms with Crippen molar-refractivity contribution in [3.8, 4) is 17.6 Å². The van der Waals surface area contributed by atoms with Crippen LogP contribution in [-0.4, -0.2) is 48.5 Å². The predicted octanol–water partition coefficient (Wildman–Crippen LogP) is 4.05. The molecule has 0 radical (unpaired) electrons. The van der Waals surface area contributed by atoms with Crippen LogP contribution in [0.3, 0.4) is 0 Å². The van der Waals surface area contributed by atoms with Crippen LogP contribution in [0.25, 0.3) is 0 Å². The number of methoxy groups -OCH3 is 2. The minimum atomic E-state index is -0.308. The molecule has 6 nitrogen and oxygen atoms in total. The van der Waals surface area contributed by atoms with Crippen LogP contribution in [0.4, 0.5) is 0 Å². The van der Waals surface area contributed by atoms with E-state index in [2.05, 4.69) is 11.0 Å². The Balaban J connectivity index is 1.66. The summed E-state index contributed by atoms with van der Waals surface area (Å²) in [5.41, 5.74) is 1.49. The molecule has 2 heterocycles. The summed E-state index contributed by atoms with van der Waals surface area (Å²) in [7, 11) is 3.19. The van der Waals surface area contributed by atoms with E-state index in [-0.39, 0.29) is 18.2 Å². The molecule has 0 unspecified atom stereocenters. The molecule has 0 bridgehead atoms. The summed E-state index contributed by atoms with van der Waals surface area (Å²) < 4.78 is 11.0. The lowest BCUT2D eigenvalue weighted by atomic mass is 9.85. The quantitative estimate of drug-likeness (QED) is 0.742. The molecule has 1 saturated heterocycles. The van der Waals surface area contributed by atoms with Gasteiger partial charge in [0.05, 0.1) is 43.4 Å². The molecule has 1 atom stereocenters. The number of ether oxygens (including phenoxy) is 2. The summed E-state index contributed by atoms with van der Waals surface area (Å²) in [4.78, 5) is 17.4. The van der Waals surface area contributed by atoms with Crippen molar-refractivity contribution in [3.05, 3.63) is 34.4 Å². The molecule has 0 aromatic heterocycles. The topological polar surface area (TPSA) is 65.8 Å². The molecule has 154 valence electrons. The van der Waals surface area contributed by atoms with Crippen LogP contribution < -0.4 is 9.47 Å². The fraction of sp³-hybridized carbons (Fsp3) is 0.545. The van der Waals surface area contributed by atoms with Crippen molar-refractivity contribution in [3.63, 3.8) is 0 Å². The number of rotatable bonds is 4. The minimum absolute atomic E-state index is 0.0712. The van der Waals surface area contributed by atoms with Gasteiger partial charge in [0.2, 0.25) is 5.91 Å². The van der Waals surface area contributed by atoms with Gasteiger partial charge in [0.1, 0.15) is 0 Å². The highest BCUT2D eigenvalue weighted by atomic mass is 32.2. The second kappa shape index (κ2) is 8.68. The van der Waals surface area contributed by atoms with E-state index in [4.69, 9.17) is 9.47 Å². The summed E-state index contributed by atoms with van der Waals surface area (Å²) in [6.07, 6.45) is 6.53. The smallest absolute Gasteiger partial charge is 0.229 e. The van der Waals surface area contributed by atoms with Crippen molar-refractivity contribution >= 4 is 17.7 Å². The van der Waals surface area contributed by atoms with E-state index >= 15 is 0 Å². The van der Waals surface area contributed by atoms with Gasteiger partial charge in [-0.05, 0) is 18.9 Å². The van der Waals surface area contributed by atoms with Crippen LogP contribution in [0.2, 0.25) is 0 Å². The maximum atomic E-state index is 13.1. The third kappa shape index (κ3) is 3.72. The van der Waals surface area contributed by atoms with E-state index in [1.165, 1.54) is 32.1 Å². The molecule has 7 heteroatoms. The standard InChI is InChI=1S/C22H27N3O3S/c1-27-19-10-6-9-16(21(19)28-2)17-11-20(26)25-13-24(15-7-4-3-5-8-15)14-29-22(25)18(17)12-23/h6,9-10,15,17H,3-5,7-8,11,13-14H2,1-2H3/t17-/m1/s1. The van der Waals surface area contributed by atoms with Gasteiger partial charge in [-0.25, -0.2) is 0 Å². The lowest BCUT2D eigenvalue weighted by molar-refractivity contribution is -0.132. The van der Waals surface area contributed by atoms with Crippen molar-refractivity contribution < 1.29 is 14.3 Å². The lowest BCUT2D eigenvalue weighted by Crippen LogP contribution is -2.51. The number of hydrogen-bond acceptors (Lipinski definition) is 6. The van der Waals surface area contributed by atoms with Gasteiger partial charge in [-0.1, -0.05) is 43.2 Å². The summed E-state index contributed by atoms with van der Waals surface area (Å²) >= 11 is 1.62. The van der Waals surface area contributed by atoms with E-state index in [1.54, 1.807) is 26.0 Å². The summed E-state index contributed by atoms with van der Waals surface area (Å²) in [5, 5.41) is 10.8. The Morgan fingerprint density at radius 2 is 1.97 bits per heavy atom. The number of carbonyl (C=O) groups excluding carboxylic acids is 1. The number of carbonyl (C=O) groups is 1.